The lowest BCUT2D eigenvalue weighted by atomic mass is 9.85. The van der Waals surface area contributed by atoms with Gasteiger partial charge in [-0.3, -0.25) is 24.1 Å². The van der Waals surface area contributed by atoms with Gasteiger partial charge < -0.3 is 10.2 Å². The van der Waals surface area contributed by atoms with Crippen molar-refractivity contribution < 1.29 is 19.2 Å². The second-order valence-electron chi connectivity index (χ2n) is 7.20. The molecule has 1 N–H and O–H groups in total. The number of likely N-dealkylation sites (tertiary alicyclic amines) is 2. The van der Waals surface area contributed by atoms with Gasteiger partial charge in [-0.25, -0.2) is 0 Å². The van der Waals surface area contributed by atoms with E-state index in [-0.39, 0.29) is 48.1 Å². The minimum Gasteiger partial charge on any atom is -0.343 e. The van der Waals surface area contributed by atoms with E-state index in [0.29, 0.717) is 31.5 Å². The van der Waals surface area contributed by atoms with Crippen LogP contribution in [-0.4, -0.2) is 59.1 Å². The topological polar surface area (TPSA) is 86.8 Å². The third-order valence-electron chi connectivity index (χ3n) is 5.56. The van der Waals surface area contributed by atoms with Crippen LogP contribution in [0.5, 0.6) is 0 Å². The molecule has 2 atom stereocenters. The lowest BCUT2D eigenvalue weighted by molar-refractivity contribution is -0.152. The van der Waals surface area contributed by atoms with Crippen LogP contribution in [0.3, 0.4) is 0 Å². The molecule has 1 aliphatic carbocycles. The zero-order valence-corrected chi connectivity index (χ0v) is 14.8. The predicted molar refractivity (Wildman–Crippen MR) is 96.4 cm³/mol. The quantitative estimate of drug-likeness (QED) is 0.623. The molecule has 7 heteroatoms. The summed E-state index contributed by atoms with van der Waals surface area (Å²) in [6.07, 6.45) is 5.16. The van der Waals surface area contributed by atoms with Crippen LogP contribution in [0.4, 0.5) is 0 Å². The van der Waals surface area contributed by atoms with Crippen molar-refractivity contribution in [2.45, 2.75) is 18.9 Å². The zero-order valence-electron chi connectivity index (χ0n) is 14.8. The monoisotopic (exact) mass is 367 g/mol. The van der Waals surface area contributed by atoms with Gasteiger partial charge in [0.2, 0.25) is 17.7 Å². The van der Waals surface area contributed by atoms with Gasteiger partial charge in [0, 0.05) is 18.7 Å². The van der Waals surface area contributed by atoms with E-state index < -0.39 is 0 Å². The van der Waals surface area contributed by atoms with E-state index in [1.54, 1.807) is 29.2 Å². The first kappa shape index (κ1) is 17.5. The first-order valence-corrected chi connectivity index (χ1v) is 9.19. The summed E-state index contributed by atoms with van der Waals surface area (Å²) in [4.78, 5) is 52.3. The van der Waals surface area contributed by atoms with Crippen LogP contribution in [0.15, 0.2) is 42.5 Å². The Bertz CT molecular complexity index is 788. The summed E-state index contributed by atoms with van der Waals surface area (Å²) in [6, 6.07) is 8.44. The average molecular weight is 367 g/mol. The van der Waals surface area contributed by atoms with Crippen molar-refractivity contribution in [1.82, 2.24) is 15.1 Å². The molecular weight excluding hydrogens is 346 g/mol. The fourth-order valence-electron chi connectivity index (χ4n) is 3.97. The van der Waals surface area contributed by atoms with E-state index in [9.17, 15) is 19.2 Å². The molecule has 2 fully saturated rings. The Morgan fingerprint density at radius 3 is 2.15 bits per heavy atom. The minimum absolute atomic E-state index is 0.0997. The molecule has 4 amide bonds. The van der Waals surface area contributed by atoms with Crippen LogP contribution in [0.1, 0.15) is 23.2 Å². The number of nitrogens with one attached hydrogen (secondary N) is 1. The summed E-state index contributed by atoms with van der Waals surface area (Å²) < 4.78 is 0. The van der Waals surface area contributed by atoms with Crippen molar-refractivity contribution in [2.24, 2.45) is 11.8 Å². The van der Waals surface area contributed by atoms with E-state index >= 15 is 0 Å². The molecule has 0 saturated carbocycles. The van der Waals surface area contributed by atoms with Crippen LogP contribution in [-0.2, 0) is 14.4 Å². The van der Waals surface area contributed by atoms with E-state index in [2.05, 4.69) is 5.32 Å². The molecule has 0 radical (unpaired) electrons. The summed E-state index contributed by atoms with van der Waals surface area (Å²) in [5, 5.41) is 2.60. The van der Waals surface area contributed by atoms with E-state index in [1.807, 2.05) is 18.2 Å². The maximum atomic E-state index is 12.5. The number of nitrogens with zero attached hydrogens (tertiary/aromatic N) is 2. The van der Waals surface area contributed by atoms with Crippen LogP contribution in [0, 0.1) is 11.8 Å². The SMILES string of the molecule is O=C(NCC(=O)N1CC(N2C(=O)C3CC=CCC3C2=O)C1)c1ccccc1. The number of amides is 4. The van der Waals surface area contributed by atoms with Gasteiger partial charge in [-0.05, 0) is 25.0 Å². The normalized spacial score (nSPS) is 24.6. The van der Waals surface area contributed by atoms with Gasteiger partial charge >= 0.3 is 0 Å². The fourth-order valence-corrected chi connectivity index (χ4v) is 3.97. The summed E-state index contributed by atoms with van der Waals surface area (Å²) in [7, 11) is 0. The van der Waals surface area contributed by atoms with Crippen LogP contribution < -0.4 is 5.32 Å². The summed E-state index contributed by atoms with van der Waals surface area (Å²) in [5.74, 6) is -1.21. The summed E-state index contributed by atoms with van der Waals surface area (Å²) in [6.45, 7) is 0.576. The number of hydrogen-bond donors (Lipinski definition) is 1. The number of allylic oxidation sites excluding steroid dienone is 2. The molecule has 1 aromatic carbocycles. The number of carbonyl (C=O) groups excluding carboxylic acids is 4. The highest BCUT2D eigenvalue weighted by atomic mass is 16.2. The second-order valence-corrected chi connectivity index (χ2v) is 7.20. The standard InChI is InChI=1S/C20H21N3O4/c24-17(10-21-18(25)13-6-2-1-3-7-13)22-11-14(12-22)23-19(26)15-8-4-5-9-16(15)20(23)27/h1-7,14-16H,8-12H2,(H,21,25). The molecule has 27 heavy (non-hydrogen) atoms. The van der Waals surface area contributed by atoms with E-state index in [4.69, 9.17) is 0 Å². The van der Waals surface area contributed by atoms with Gasteiger partial charge in [-0.15, -0.1) is 0 Å². The van der Waals surface area contributed by atoms with Crippen LogP contribution in [0.25, 0.3) is 0 Å². The Labute approximate surface area is 157 Å². The number of rotatable bonds is 4. The van der Waals surface area contributed by atoms with Crippen molar-refractivity contribution in [2.75, 3.05) is 19.6 Å². The number of fused-ring (bicyclic) bond motifs is 1. The highest BCUT2D eigenvalue weighted by Crippen LogP contribution is 2.37. The first-order chi connectivity index (χ1) is 13.1. The Morgan fingerprint density at radius 1 is 0.963 bits per heavy atom. The van der Waals surface area contributed by atoms with Gasteiger partial charge in [-0.2, -0.15) is 0 Å². The smallest absolute Gasteiger partial charge is 0.251 e. The van der Waals surface area contributed by atoms with Crippen molar-refractivity contribution in [3.63, 3.8) is 0 Å². The van der Waals surface area contributed by atoms with Gasteiger partial charge in [0.25, 0.3) is 5.91 Å². The fraction of sp³-hybridized carbons (Fsp3) is 0.400. The molecule has 2 aliphatic heterocycles. The molecular formula is C20H21N3O4. The molecule has 0 spiro atoms. The molecule has 3 aliphatic rings. The maximum Gasteiger partial charge on any atom is 0.251 e. The predicted octanol–water partition coefficient (Wildman–Crippen LogP) is 0.578. The highest BCUT2D eigenvalue weighted by molar-refractivity contribution is 6.06. The number of benzene rings is 1. The second kappa shape index (κ2) is 6.98. The zero-order chi connectivity index (χ0) is 19.0. The molecule has 140 valence electrons. The van der Waals surface area contributed by atoms with Gasteiger partial charge in [0.05, 0.1) is 24.4 Å². The van der Waals surface area contributed by atoms with Crippen molar-refractivity contribution in [3.8, 4) is 0 Å². The van der Waals surface area contributed by atoms with Crippen molar-refractivity contribution in [3.05, 3.63) is 48.0 Å². The summed E-state index contributed by atoms with van der Waals surface area (Å²) in [5.41, 5.74) is 0.497. The summed E-state index contributed by atoms with van der Waals surface area (Å²) >= 11 is 0. The van der Waals surface area contributed by atoms with Gasteiger partial charge in [-0.1, -0.05) is 30.4 Å². The Hall–Kier alpha value is -2.96. The Balaban J connectivity index is 1.28. The minimum atomic E-state index is -0.303. The molecule has 7 nitrogen and oxygen atoms in total. The molecule has 4 rings (SSSR count). The van der Waals surface area contributed by atoms with Crippen LogP contribution in [0.2, 0.25) is 0 Å². The Morgan fingerprint density at radius 2 is 1.56 bits per heavy atom. The number of imide groups is 1. The third-order valence-corrected chi connectivity index (χ3v) is 5.56. The maximum absolute atomic E-state index is 12.5. The third kappa shape index (κ3) is 3.13. The van der Waals surface area contributed by atoms with Crippen LogP contribution >= 0.6 is 0 Å². The average Bonchev–Trinajstić information content (AvgIpc) is 2.91. The number of hydrogen-bond acceptors (Lipinski definition) is 4. The van der Waals surface area contributed by atoms with E-state index in [0.717, 1.165) is 0 Å². The molecule has 0 bridgehead atoms. The largest absolute Gasteiger partial charge is 0.343 e. The highest BCUT2D eigenvalue weighted by Gasteiger charge is 2.52. The first-order valence-electron chi connectivity index (χ1n) is 9.19. The molecule has 2 unspecified atom stereocenters. The Kier molecular flexibility index (Phi) is 4.51. The lowest BCUT2D eigenvalue weighted by Crippen LogP contribution is -2.63. The van der Waals surface area contributed by atoms with Crippen molar-refractivity contribution >= 4 is 23.6 Å². The molecule has 2 saturated heterocycles. The van der Waals surface area contributed by atoms with E-state index in [1.165, 1.54) is 4.90 Å². The van der Waals surface area contributed by atoms with Gasteiger partial charge in [0.1, 0.15) is 0 Å². The van der Waals surface area contributed by atoms with Gasteiger partial charge in [0.15, 0.2) is 0 Å². The number of carbonyl (C=O) groups is 4. The van der Waals surface area contributed by atoms with Crippen molar-refractivity contribution in [1.29, 1.82) is 0 Å². The molecule has 1 aromatic rings. The molecule has 0 aromatic heterocycles. The lowest BCUT2D eigenvalue weighted by Gasteiger charge is -2.43. The molecule has 2 heterocycles.